The van der Waals surface area contributed by atoms with Crippen LogP contribution in [-0.2, 0) is 25.2 Å². The molecule has 1 saturated carbocycles. The van der Waals surface area contributed by atoms with Crippen molar-refractivity contribution >= 4 is 39.9 Å². The Balaban J connectivity index is 1.66. The number of carbonyl (C=O) groups excluding carboxylic acids is 3. The van der Waals surface area contributed by atoms with Crippen LogP contribution in [0.1, 0.15) is 39.0 Å². The molecule has 0 aliphatic heterocycles. The molecule has 0 saturated heterocycles. The van der Waals surface area contributed by atoms with Crippen LogP contribution < -0.4 is 15.5 Å². The highest BCUT2D eigenvalue weighted by Gasteiger charge is 2.30. The van der Waals surface area contributed by atoms with Gasteiger partial charge in [-0.05, 0) is 68.3 Å². The Morgan fingerprint density at radius 3 is 2.11 bits per heavy atom. The Bertz CT molecular complexity index is 1060. The van der Waals surface area contributed by atoms with Crippen LogP contribution in [0, 0.1) is 11.6 Å². The van der Waals surface area contributed by atoms with E-state index in [0.717, 1.165) is 32.1 Å². The van der Waals surface area contributed by atoms with Crippen LogP contribution in [0.3, 0.4) is 0 Å². The van der Waals surface area contributed by atoms with Crippen LogP contribution in [0.15, 0.2) is 48.5 Å². The number of rotatable bonds is 9. The van der Waals surface area contributed by atoms with Gasteiger partial charge in [0, 0.05) is 28.2 Å². The molecule has 0 spiro atoms. The summed E-state index contributed by atoms with van der Waals surface area (Å²) in [4.78, 5) is 39.5. The van der Waals surface area contributed by atoms with Crippen molar-refractivity contribution in [2.75, 3.05) is 21.7 Å². The SMILES string of the molecule is C[C@H](C(=O)NC1CCCCC1)N(C(=O)C[S@](=O)CC(=O)Nc1ccc(F)cc1)c1ccc(F)cc1. The molecule has 3 amide bonds. The molecule has 35 heavy (non-hydrogen) atoms. The number of hydrogen-bond acceptors (Lipinski definition) is 4. The first-order chi connectivity index (χ1) is 16.7. The zero-order chi connectivity index (χ0) is 25.4. The third-order valence-corrected chi connectivity index (χ3v) is 6.95. The van der Waals surface area contributed by atoms with Gasteiger partial charge in [0.1, 0.15) is 29.2 Å². The fraction of sp³-hybridized carbons (Fsp3) is 0.400. The third kappa shape index (κ3) is 7.95. The smallest absolute Gasteiger partial charge is 0.243 e. The second-order valence-corrected chi connectivity index (χ2v) is 10.0. The molecule has 1 aliphatic carbocycles. The van der Waals surface area contributed by atoms with E-state index in [0.29, 0.717) is 5.69 Å². The molecule has 1 aliphatic rings. The molecule has 3 rings (SSSR count). The maximum Gasteiger partial charge on any atom is 0.243 e. The molecule has 0 heterocycles. The number of hydrogen-bond donors (Lipinski definition) is 2. The van der Waals surface area contributed by atoms with Crippen LogP contribution in [0.5, 0.6) is 0 Å². The molecule has 2 N–H and O–H groups in total. The molecule has 0 bridgehead atoms. The highest BCUT2D eigenvalue weighted by atomic mass is 32.2. The van der Waals surface area contributed by atoms with Crippen LogP contribution in [0.25, 0.3) is 0 Å². The van der Waals surface area contributed by atoms with Crippen molar-refractivity contribution in [2.24, 2.45) is 0 Å². The summed E-state index contributed by atoms with van der Waals surface area (Å²) in [6, 6.07) is 9.29. The summed E-state index contributed by atoms with van der Waals surface area (Å²) >= 11 is 0. The van der Waals surface area contributed by atoms with Gasteiger partial charge in [0.15, 0.2) is 0 Å². The molecule has 7 nitrogen and oxygen atoms in total. The molecular weight excluding hydrogens is 476 g/mol. The Kier molecular flexibility index (Phi) is 9.47. The monoisotopic (exact) mass is 505 g/mol. The number of benzene rings is 2. The molecule has 0 aromatic heterocycles. The number of halogens is 2. The van der Waals surface area contributed by atoms with Gasteiger partial charge in [-0.15, -0.1) is 0 Å². The van der Waals surface area contributed by atoms with Crippen molar-refractivity contribution in [2.45, 2.75) is 51.1 Å². The lowest BCUT2D eigenvalue weighted by atomic mass is 9.95. The van der Waals surface area contributed by atoms with Crippen molar-refractivity contribution < 1.29 is 27.4 Å². The van der Waals surface area contributed by atoms with E-state index in [2.05, 4.69) is 10.6 Å². The molecule has 2 aromatic rings. The van der Waals surface area contributed by atoms with Crippen molar-refractivity contribution in [3.63, 3.8) is 0 Å². The lowest BCUT2D eigenvalue weighted by Crippen LogP contribution is -2.52. The first kappa shape index (κ1) is 26.5. The molecule has 0 unspecified atom stereocenters. The van der Waals surface area contributed by atoms with Crippen molar-refractivity contribution in [3.05, 3.63) is 60.2 Å². The highest BCUT2D eigenvalue weighted by Crippen LogP contribution is 2.21. The van der Waals surface area contributed by atoms with E-state index in [9.17, 15) is 27.4 Å². The van der Waals surface area contributed by atoms with E-state index in [1.165, 1.54) is 53.4 Å². The van der Waals surface area contributed by atoms with Crippen LogP contribution in [0.2, 0.25) is 0 Å². The minimum Gasteiger partial charge on any atom is -0.352 e. The van der Waals surface area contributed by atoms with Gasteiger partial charge in [-0.3, -0.25) is 23.5 Å². The zero-order valence-corrected chi connectivity index (χ0v) is 20.3. The molecule has 188 valence electrons. The molecule has 0 radical (unpaired) electrons. The standard InChI is InChI=1S/C25H29F2N3O4S/c1-17(25(33)29-20-5-3-2-4-6-20)30(22-13-9-19(27)10-14-22)24(32)16-35(34)15-23(31)28-21-11-7-18(26)8-12-21/h7-14,17,20H,2-6,15-16H2,1H3,(H,28,31)(H,29,33)/t17-,35-/m1/s1. The number of nitrogens with one attached hydrogen (secondary N) is 2. The fourth-order valence-electron chi connectivity index (χ4n) is 4.01. The van der Waals surface area contributed by atoms with E-state index in [1.54, 1.807) is 6.92 Å². The van der Waals surface area contributed by atoms with E-state index in [-0.39, 0.29) is 17.6 Å². The van der Waals surface area contributed by atoms with E-state index >= 15 is 0 Å². The van der Waals surface area contributed by atoms with Gasteiger partial charge >= 0.3 is 0 Å². The maximum absolute atomic E-state index is 13.5. The Morgan fingerprint density at radius 2 is 1.51 bits per heavy atom. The van der Waals surface area contributed by atoms with Gasteiger partial charge in [-0.2, -0.15) is 0 Å². The van der Waals surface area contributed by atoms with Gasteiger partial charge in [-0.1, -0.05) is 19.3 Å². The van der Waals surface area contributed by atoms with E-state index in [4.69, 9.17) is 0 Å². The zero-order valence-electron chi connectivity index (χ0n) is 19.5. The molecule has 1 fully saturated rings. The molecule has 2 atom stereocenters. The van der Waals surface area contributed by atoms with Gasteiger partial charge in [0.25, 0.3) is 0 Å². The number of carbonyl (C=O) groups is 3. The lowest BCUT2D eigenvalue weighted by molar-refractivity contribution is -0.126. The first-order valence-corrected chi connectivity index (χ1v) is 13.0. The van der Waals surface area contributed by atoms with Crippen molar-refractivity contribution in [1.82, 2.24) is 5.32 Å². The number of amides is 3. The molecule has 10 heteroatoms. The quantitative estimate of drug-likeness (QED) is 0.545. The Labute approximate surface area is 205 Å². The van der Waals surface area contributed by atoms with Crippen molar-refractivity contribution in [3.8, 4) is 0 Å². The third-order valence-electron chi connectivity index (χ3n) is 5.80. The second-order valence-electron chi connectivity index (χ2n) is 8.54. The summed E-state index contributed by atoms with van der Waals surface area (Å²) in [7, 11) is -1.88. The van der Waals surface area contributed by atoms with Gasteiger partial charge in [0.2, 0.25) is 17.7 Å². The second kappa shape index (κ2) is 12.5. The topological polar surface area (TPSA) is 95.6 Å². The minimum atomic E-state index is -1.88. The lowest BCUT2D eigenvalue weighted by Gasteiger charge is -2.31. The van der Waals surface area contributed by atoms with Crippen molar-refractivity contribution in [1.29, 1.82) is 0 Å². The summed E-state index contributed by atoms with van der Waals surface area (Å²) in [6.45, 7) is 1.56. The van der Waals surface area contributed by atoms with E-state index < -0.39 is 51.8 Å². The number of anilines is 2. The fourth-order valence-corrected chi connectivity index (χ4v) is 4.89. The largest absolute Gasteiger partial charge is 0.352 e. The average molecular weight is 506 g/mol. The minimum absolute atomic E-state index is 0.0353. The average Bonchev–Trinajstić information content (AvgIpc) is 2.82. The number of nitrogens with zero attached hydrogens (tertiary/aromatic N) is 1. The summed E-state index contributed by atoms with van der Waals surface area (Å²) in [6.07, 6.45) is 4.92. The predicted octanol–water partition coefficient (Wildman–Crippen LogP) is 3.52. The summed E-state index contributed by atoms with van der Waals surface area (Å²) in [5.41, 5.74) is 0.621. The van der Waals surface area contributed by atoms with Gasteiger partial charge in [0.05, 0.1) is 0 Å². The summed E-state index contributed by atoms with van der Waals surface area (Å²) < 4.78 is 39.1. The van der Waals surface area contributed by atoms with Crippen LogP contribution >= 0.6 is 0 Å². The van der Waals surface area contributed by atoms with Crippen LogP contribution in [0.4, 0.5) is 20.2 Å². The van der Waals surface area contributed by atoms with Gasteiger partial charge in [-0.25, -0.2) is 8.78 Å². The maximum atomic E-state index is 13.5. The first-order valence-electron chi connectivity index (χ1n) is 11.5. The van der Waals surface area contributed by atoms with E-state index in [1.807, 2.05) is 0 Å². The Morgan fingerprint density at radius 1 is 0.943 bits per heavy atom. The predicted molar refractivity (Wildman–Crippen MR) is 131 cm³/mol. The van der Waals surface area contributed by atoms with Gasteiger partial charge < -0.3 is 10.6 Å². The summed E-state index contributed by atoms with van der Waals surface area (Å²) in [5.74, 6) is -3.50. The molecule has 2 aromatic carbocycles. The van der Waals surface area contributed by atoms with Crippen LogP contribution in [-0.4, -0.2) is 45.5 Å². The normalized spacial score (nSPS) is 15.6. The highest BCUT2D eigenvalue weighted by molar-refractivity contribution is 7.86. The Hall–Kier alpha value is -3.14. The summed E-state index contributed by atoms with van der Waals surface area (Å²) in [5, 5.41) is 5.48. The molecular formula is C25H29F2N3O4S.